The first-order chi connectivity index (χ1) is 11.6. The predicted molar refractivity (Wildman–Crippen MR) is 86.7 cm³/mol. The maximum Gasteiger partial charge on any atom is 0.242 e. The molecule has 1 N–H and O–H groups in total. The first kappa shape index (κ1) is 16.0. The lowest BCUT2D eigenvalue weighted by Gasteiger charge is -2.19. The van der Waals surface area contributed by atoms with Crippen molar-refractivity contribution in [3.8, 4) is 5.75 Å². The van der Waals surface area contributed by atoms with Gasteiger partial charge < -0.3 is 15.0 Å². The van der Waals surface area contributed by atoms with Gasteiger partial charge in [-0.05, 0) is 19.1 Å². The monoisotopic (exact) mass is 329 g/mol. The quantitative estimate of drug-likeness (QED) is 0.864. The number of carbonyl (C=O) groups is 2. The molecule has 1 atom stereocenters. The van der Waals surface area contributed by atoms with E-state index in [2.05, 4.69) is 15.6 Å². The SMILES string of the molecule is COc1ccccc1N1CC(NC(=O)Cn2cc(C)nn2)CC1=O. The van der Waals surface area contributed by atoms with Crippen molar-refractivity contribution >= 4 is 17.5 Å². The van der Waals surface area contributed by atoms with Crippen molar-refractivity contribution in [2.24, 2.45) is 0 Å². The van der Waals surface area contributed by atoms with Crippen LogP contribution in [0.5, 0.6) is 5.75 Å². The van der Waals surface area contributed by atoms with Gasteiger partial charge >= 0.3 is 0 Å². The van der Waals surface area contributed by atoms with E-state index in [0.29, 0.717) is 18.0 Å². The highest BCUT2D eigenvalue weighted by molar-refractivity contribution is 5.98. The number of para-hydroxylation sites is 2. The molecule has 126 valence electrons. The van der Waals surface area contributed by atoms with E-state index in [0.717, 1.165) is 5.69 Å². The van der Waals surface area contributed by atoms with Gasteiger partial charge in [0.15, 0.2) is 0 Å². The molecule has 0 bridgehead atoms. The van der Waals surface area contributed by atoms with Gasteiger partial charge in [0.25, 0.3) is 0 Å². The van der Waals surface area contributed by atoms with E-state index in [1.807, 2.05) is 31.2 Å². The second-order valence-electron chi connectivity index (χ2n) is 5.70. The minimum absolute atomic E-state index is 0.0404. The normalized spacial score (nSPS) is 17.2. The lowest BCUT2D eigenvalue weighted by molar-refractivity contribution is -0.122. The zero-order valence-corrected chi connectivity index (χ0v) is 13.6. The number of rotatable bonds is 5. The Bertz CT molecular complexity index is 758. The number of methoxy groups -OCH3 is 1. The molecule has 0 saturated carbocycles. The Balaban J connectivity index is 1.63. The number of amides is 2. The van der Waals surface area contributed by atoms with Crippen LogP contribution in [0, 0.1) is 6.92 Å². The highest BCUT2D eigenvalue weighted by Crippen LogP contribution is 2.30. The maximum absolute atomic E-state index is 12.3. The molecule has 1 aliphatic rings. The molecule has 1 aromatic carbocycles. The van der Waals surface area contributed by atoms with Crippen molar-refractivity contribution < 1.29 is 14.3 Å². The van der Waals surface area contributed by atoms with E-state index >= 15 is 0 Å². The van der Waals surface area contributed by atoms with Gasteiger partial charge in [0, 0.05) is 19.2 Å². The van der Waals surface area contributed by atoms with Crippen LogP contribution in [0.2, 0.25) is 0 Å². The standard InChI is InChI=1S/C16H19N5O3/c1-11-8-20(19-18-11)10-15(22)17-12-7-16(23)21(9-12)13-5-3-4-6-14(13)24-2/h3-6,8,12H,7,9-10H2,1-2H3,(H,17,22). The molecule has 8 nitrogen and oxygen atoms in total. The van der Waals surface area contributed by atoms with Crippen molar-refractivity contribution in [2.45, 2.75) is 25.9 Å². The van der Waals surface area contributed by atoms with Crippen molar-refractivity contribution in [2.75, 3.05) is 18.6 Å². The van der Waals surface area contributed by atoms with E-state index in [9.17, 15) is 9.59 Å². The molecule has 1 fully saturated rings. The van der Waals surface area contributed by atoms with Crippen LogP contribution >= 0.6 is 0 Å². The van der Waals surface area contributed by atoms with Gasteiger partial charge in [-0.1, -0.05) is 17.3 Å². The smallest absolute Gasteiger partial charge is 0.242 e. The Labute approximate surface area is 139 Å². The van der Waals surface area contributed by atoms with Gasteiger partial charge in [-0.2, -0.15) is 0 Å². The molecule has 8 heteroatoms. The number of aryl methyl sites for hydroxylation is 1. The Morgan fingerprint density at radius 3 is 2.92 bits per heavy atom. The minimum atomic E-state index is -0.237. The van der Waals surface area contributed by atoms with Crippen molar-refractivity contribution in [1.29, 1.82) is 0 Å². The summed E-state index contributed by atoms with van der Waals surface area (Å²) in [5.74, 6) is 0.400. The maximum atomic E-state index is 12.3. The molecule has 1 aliphatic heterocycles. The highest BCUT2D eigenvalue weighted by Gasteiger charge is 2.32. The van der Waals surface area contributed by atoms with Crippen LogP contribution in [0.4, 0.5) is 5.69 Å². The Hall–Kier alpha value is -2.90. The number of aromatic nitrogens is 3. The first-order valence-electron chi connectivity index (χ1n) is 7.66. The van der Waals surface area contributed by atoms with Gasteiger partial charge in [-0.15, -0.1) is 5.10 Å². The second kappa shape index (κ2) is 6.69. The Morgan fingerprint density at radius 1 is 1.42 bits per heavy atom. The largest absolute Gasteiger partial charge is 0.495 e. The van der Waals surface area contributed by atoms with Gasteiger partial charge in [0.1, 0.15) is 12.3 Å². The van der Waals surface area contributed by atoms with Crippen molar-refractivity contribution in [3.05, 3.63) is 36.2 Å². The summed E-state index contributed by atoms with van der Waals surface area (Å²) < 4.78 is 6.78. The molecule has 0 radical (unpaired) electrons. The lowest BCUT2D eigenvalue weighted by Crippen LogP contribution is -2.39. The highest BCUT2D eigenvalue weighted by atomic mass is 16.5. The number of anilines is 1. The number of nitrogens with one attached hydrogen (secondary N) is 1. The molecular weight excluding hydrogens is 310 g/mol. The van der Waals surface area contributed by atoms with Gasteiger partial charge in [0.05, 0.1) is 24.5 Å². The third kappa shape index (κ3) is 3.37. The minimum Gasteiger partial charge on any atom is -0.495 e. The zero-order chi connectivity index (χ0) is 17.1. The van der Waals surface area contributed by atoms with Crippen LogP contribution in [0.3, 0.4) is 0 Å². The summed E-state index contributed by atoms with van der Waals surface area (Å²) >= 11 is 0. The number of hydrogen-bond acceptors (Lipinski definition) is 5. The molecule has 2 heterocycles. The topological polar surface area (TPSA) is 89.3 Å². The summed E-state index contributed by atoms with van der Waals surface area (Å²) in [4.78, 5) is 26.0. The third-order valence-corrected chi connectivity index (χ3v) is 3.82. The molecule has 1 aromatic heterocycles. The second-order valence-corrected chi connectivity index (χ2v) is 5.70. The van der Waals surface area contributed by atoms with Gasteiger partial charge in [0.2, 0.25) is 11.8 Å². The van der Waals surface area contributed by atoms with E-state index in [1.165, 1.54) is 4.68 Å². The average molecular weight is 329 g/mol. The molecule has 24 heavy (non-hydrogen) atoms. The molecular formula is C16H19N5O3. The fourth-order valence-electron chi connectivity index (χ4n) is 2.78. The number of benzene rings is 1. The van der Waals surface area contributed by atoms with Crippen LogP contribution < -0.4 is 15.0 Å². The summed E-state index contributed by atoms with van der Waals surface area (Å²) in [7, 11) is 1.57. The zero-order valence-electron chi connectivity index (χ0n) is 13.6. The number of ether oxygens (including phenoxy) is 1. The molecule has 0 aliphatic carbocycles. The van der Waals surface area contributed by atoms with Gasteiger partial charge in [-0.3, -0.25) is 9.59 Å². The number of carbonyl (C=O) groups excluding carboxylic acids is 2. The van der Waals surface area contributed by atoms with Crippen LogP contribution in [0.25, 0.3) is 0 Å². The van der Waals surface area contributed by atoms with Crippen molar-refractivity contribution in [3.63, 3.8) is 0 Å². The lowest BCUT2D eigenvalue weighted by atomic mass is 10.2. The Kier molecular flexibility index (Phi) is 4.45. The van der Waals surface area contributed by atoms with Gasteiger partial charge in [-0.25, -0.2) is 4.68 Å². The molecule has 0 spiro atoms. The Morgan fingerprint density at radius 2 is 2.21 bits per heavy atom. The molecule has 3 rings (SSSR count). The fraction of sp³-hybridized carbons (Fsp3) is 0.375. The number of nitrogens with zero attached hydrogens (tertiary/aromatic N) is 4. The predicted octanol–water partition coefficient (Wildman–Crippen LogP) is 0.517. The van der Waals surface area contributed by atoms with Crippen LogP contribution in [-0.4, -0.2) is 46.5 Å². The summed E-state index contributed by atoms with van der Waals surface area (Å²) in [6.07, 6.45) is 1.96. The van der Waals surface area contributed by atoms with Crippen LogP contribution in [-0.2, 0) is 16.1 Å². The van der Waals surface area contributed by atoms with E-state index in [-0.39, 0.29) is 30.8 Å². The van der Waals surface area contributed by atoms with Crippen LogP contribution in [0.15, 0.2) is 30.5 Å². The fourth-order valence-corrected chi connectivity index (χ4v) is 2.78. The molecule has 1 unspecified atom stereocenters. The first-order valence-corrected chi connectivity index (χ1v) is 7.66. The summed E-state index contributed by atoms with van der Waals surface area (Å²) in [6, 6.07) is 7.10. The molecule has 2 aromatic rings. The van der Waals surface area contributed by atoms with E-state index in [1.54, 1.807) is 18.2 Å². The van der Waals surface area contributed by atoms with Crippen LogP contribution in [0.1, 0.15) is 12.1 Å². The summed E-state index contributed by atoms with van der Waals surface area (Å²) in [5.41, 5.74) is 1.47. The number of hydrogen-bond donors (Lipinski definition) is 1. The summed E-state index contributed by atoms with van der Waals surface area (Å²) in [6.45, 7) is 2.31. The van der Waals surface area contributed by atoms with E-state index in [4.69, 9.17) is 4.74 Å². The average Bonchev–Trinajstić information content (AvgIpc) is 3.12. The molecule has 2 amide bonds. The van der Waals surface area contributed by atoms with E-state index < -0.39 is 0 Å². The third-order valence-electron chi connectivity index (χ3n) is 3.82. The summed E-state index contributed by atoms with van der Waals surface area (Å²) in [5, 5.41) is 10.6. The molecule has 1 saturated heterocycles. The van der Waals surface area contributed by atoms with Crippen molar-refractivity contribution in [1.82, 2.24) is 20.3 Å².